The number of halogens is 2. The lowest BCUT2D eigenvalue weighted by atomic mass is 10.1. The fourth-order valence-corrected chi connectivity index (χ4v) is 2.96. The van der Waals surface area contributed by atoms with Gasteiger partial charge in [0.2, 0.25) is 0 Å². The zero-order chi connectivity index (χ0) is 13.8. The van der Waals surface area contributed by atoms with Crippen molar-refractivity contribution in [3.8, 4) is 0 Å². The summed E-state index contributed by atoms with van der Waals surface area (Å²) in [7, 11) is 1.72. The summed E-state index contributed by atoms with van der Waals surface area (Å²) in [5, 5.41) is 0.668. The van der Waals surface area contributed by atoms with Crippen molar-refractivity contribution in [2.45, 2.75) is 31.1 Å². The van der Waals surface area contributed by atoms with Gasteiger partial charge >= 0.3 is 0 Å². The van der Waals surface area contributed by atoms with Crippen LogP contribution in [0.25, 0.3) is 0 Å². The van der Waals surface area contributed by atoms with E-state index in [1.54, 1.807) is 19.2 Å². The van der Waals surface area contributed by atoms with E-state index in [1.165, 1.54) is 12.8 Å². The van der Waals surface area contributed by atoms with E-state index in [9.17, 15) is 4.39 Å². The highest BCUT2D eigenvalue weighted by atomic mass is 79.9. The van der Waals surface area contributed by atoms with Gasteiger partial charge in [-0.3, -0.25) is 0 Å². The normalized spacial score (nSPS) is 16.4. The molecule has 0 radical (unpaired) electrons. The third kappa shape index (κ3) is 3.69. The number of alkyl halides is 1. The number of anilines is 1. The first-order chi connectivity index (χ1) is 9.17. The molecular weight excluding hydrogens is 309 g/mol. The van der Waals surface area contributed by atoms with Crippen LogP contribution in [-0.4, -0.2) is 26.3 Å². The first kappa shape index (κ1) is 14.8. The van der Waals surface area contributed by atoms with Crippen LogP contribution in [0.4, 0.5) is 10.1 Å². The van der Waals surface area contributed by atoms with Crippen LogP contribution in [0.15, 0.2) is 18.2 Å². The molecule has 0 aromatic heterocycles. The summed E-state index contributed by atoms with van der Waals surface area (Å²) in [6.45, 7) is 3.80. The van der Waals surface area contributed by atoms with Gasteiger partial charge in [0.15, 0.2) is 0 Å². The molecule has 19 heavy (non-hydrogen) atoms. The van der Waals surface area contributed by atoms with Gasteiger partial charge in [0, 0.05) is 30.7 Å². The molecule has 1 saturated carbocycles. The highest BCUT2D eigenvalue weighted by molar-refractivity contribution is 9.08. The third-order valence-corrected chi connectivity index (χ3v) is 4.43. The van der Waals surface area contributed by atoms with Crippen molar-refractivity contribution in [3.05, 3.63) is 29.6 Å². The molecular formula is C15H21BrFNO. The molecule has 4 heteroatoms. The van der Waals surface area contributed by atoms with Gasteiger partial charge in [0.25, 0.3) is 0 Å². The van der Waals surface area contributed by atoms with Crippen LogP contribution in [0.3, 0.4) is 0 Å². The molecule has 1 aliphatic rings. The fourth-order valence-electron chi connectivity index (χ4n) is 2.51. The first-order valence-corrected chi connectivity index (χ1v) is 7.89. The number of hydrogen-bond acceptors (Lipinski definition) is 2. The molecule has 0 bridgehead atoms. The van der Waals surface area contributed by atoms with Gasteiger partial charge in [-0.05, 0) is 49.4 Å². The Morgan fingerprint density at radius 2 is 2.21 bits per heavy atom. The Labute approximate surface area is 123 Å². The van der Waals surface area contributed by atoms with E-state index >= 15 is 0 Å². The van der Waals surface area contributed by atoms with Crippen LogP contribution in [0.2, 0.25) is 0 Å². The van der Waals surface area contributed by atoms with E-state index < -0.39 is 0 Å². The number of methoxy groups -OCH3 is 1. The van der Waals surface area contributed by atoms with Crippen LogP contribution in [0, 0.1) is 11.7 Å². The summed E-state index contributed by atoms with van der Waals surface area (Å²) in [4.78, 5) is 2.36. The second-order valence-electron chi connectivity index (χ2n) is 5.17. The predicted molar refractivity (Wildman–Crippen MR) is 80.4 cm³/mol. The van der Waals surface area contributed by atoms with Gasteiger partial charge < -0.3 is 9.64 Å². The maximum atomic E-state index is 13.4. The van der Waals surface area contributed by atoms with Gasteiger partial charge in [0.05, 0.1) is 6.61 Å². The zero-order valence-electron chi connectivity index (χ0n) is 11.5. The second-order valence-corrected chi connectivity index (χ2v) is 5.73. The van der Waals surface area contributed by atoms with Crippen LogP contribution in [-0.2, 0) is 10.1 Å². The summed E-state index contributed by atoms with van der Waals surface area (Å²) in [5.74, 6) is 0.592. The number of nitrogens with zero attached hydrogens (tertiary/aromatic N) is 1. The molecule has 1 unspecified atom stereocenters. The second kappa shape index (κ2) is 6.71. The molecule has 0 saturated heterocycles. The van der Waals surface area contributed by atoms with Gasteiger partial charge in [-0.15, -0.1) is 0 Å². The van der Waals surface area contributed by atoms with Crippen molar-refractivity contribution < 1.29 is 9.13 Å². The molecule has 0 amide bonds. The van der Waals surface area contributed by atoms with E-state index in [-0.39, 0.29) is 5.82 Å². The van der Waals surface area contributed by atoms with Crippen molar-refractivity contribution in [1.82, 2.24) is 0 Å². The number of ether oxygens (including phenoxy) is 1. The molecule has 0 spiro atoms. The van der Waals surface area contributed by atoms with Gasteiger partial charge in [0.1, 0.15) is 5.82 Å². The topological polar surface area (TPSA) is 12.5 Å². The summed E-state index contributed by atoms with van der Waals surface area (Å²) in [5.41, 5.74) is 2.12. The van der Waals surface area contributed by atoms with Gasteiger partial charge in [-0.1, -0.05) is 15.9 Å². The molecule has 2 nitrogen and oxygen atoms in total. The highest BCUT2D eigenvalue weighted by Crippen LogP contribution is 2.38. The lowest BCUT2D eigenvalue weighted by molar-refractivity contribution is 0.202. The zero-order valence-corrected chi connectivity index (χ0v) is 13.1. The number of rotatable bonds is 7. The van der Waals surface area contributed by atoms with Crippen molar-refractivity contribution in [1.29, 1.82) is 0 Å². The monoisotopic (exact) mass is 329 g/mol. The predicted octanol–water partition coefficient (Wildman–Crippen LogP) is 3.97. The molecule has 106 valence electrons. The lowest BCUT2D eigenvalue weighted by Gasteiger charge is -2.33. The molecule has 0 aliphatic heterocycles. The Balaban J connectivity index is 2.25. The number of hydrogen-bond donors (Lipinski definition) is 0. The van der Waals surface area contributed by atoms with E-state index in [1.807, 2.05) is 6.07 Å². The van der Waals surface area contributed by atoms with Crippen molar-refractivity contribution >= 4 is 21.6 Å². The average Bonchev–Trinajstić information content (AvgIpc) is 3.24. The third-order valence-electron chi connectivity index (χ3n) is 3.83. The van der Waals surface area contributed by atoms with Crippen LogP contribution in [0.5, 0.6) is 0 Å². The molecule has 1 aliphatic carbocycles. The van der Waals surface area contributed by atoms with E-state index in [0.29, 0.717) is 18.0 Å². The minimum Gasteiger partial charge on any atom is -0.383 e. The lowest BCUT2D eigenvalue weighted by Crippen LogP contribution is -2.37. The molecule has 1 aromatic rings. The smallest absolute Gasteiger partial charge is 0.123 e. The van der Waals surface area contributed by atoms with Gasteiger partial charge in [-0.25, -0.2) is 4.39 Å². The summed E-state index contributed by atoms with van der Waals surface area (Å²) < 4.78 is 18.6. The molecule has 1 aromatic carbocycles. The summed E-state index contributed by atoms with van der Waals surface area (Å²) in [6, 6.07) is 5.53. The molecule has 0 heterocycles. The Kier molecular flexibility index (Phi) is 5.22. The largest absolute Gasteiger partial charge is 0.383 e. The van der Waals surface area contributed by atoms with E-state index in [4.69, 9.17) is 4.74 Å². The minimum absolute atomic E-state index is 0.177. The van der Waals surface area contributed by atoms with Crippen LogP contribution >= 0.6 is 15.9 Å². The van der Waals surface area contributed by atoms with Crippen molar-refractivity contribution in [3.63, 3.8) is 0 Å². The quantitative estimate of drug-likeness (QED) is 0.702. The van der Waals surface area contributed by atoms with Crippen molar-refractivity contribution in [2.75, 3.05) is 25.2 Å². The first-order valence-electron chi connectivity index (χ1n) is 6.77. The Morgan fingerprint density at radius 1 is 1.47 bits per heavy atom. The standard InChI is InChI=1S/C15H21BrFNO/c1-11(12-3-4-12)18(7-8-19-2)15-6-5-14(17)9-13(15)10-16/h5-6,9,11-12H,3-4,7-8,10H2,1-2H3. The Bertz CT molecular complexity index is 423. The van der Waals surface area contributed by atoms with E-state index in [0.717, 1.165) is 23.7 Å². The van der Waals surface area contributed by atoms with Crippen LogP contribution in [0.1, 0.15) is 25.3 Å². The molecule has 2 rings (SSSR count). The SMILES string of the molecule is COCCN(c1ccc(F)cc1CBr)C(C)C1CC1. The molecule has 1 atom stereocenters. The van der Waals surface area contributed by atoms with Crippen molar-refractivity contribution in [2.24, 2.45) is 5.92 Å². The fraction of sp³-hybridized carbons (Fsp3) is 0.600. The maximum Gasteiger partial charge on any atom is 0.123 e. The Hall–Kier alpha value is -0.610. The maximum absolute atomic E-state index is 13.4. The minimum atomic E-state index is -0.177. The number of benzene rings is 1. The average molecular weight is 330 g/mol. The van der Waals surface area contributed by atoms with Gasteiger partial charge in [-0.2, -0.15) is 0 Å². The Morgan fingerprint density at radius 3 is 2.79 bits per heavy atom. The summed E-state index contributed by atoms with van der Waals surface area (Å²) >= 11 is 3.46. The summed E-state index contributed by atoms with van der Waals surface area (Å²) in [6.07, 6.45) is 2.60. The van der Waals surface area contributed by atoms with Crippen LogP contribution < -0.4 is 4.90 Å². The molecule has 1 fully saturated rings. The molecule has 0 N–H and O–H groups in total. The highest BCUT2D eigenvalue weighted by Gasteiger charge is 2.32. The van der Waals surface area contributed by atoms with E-state index in [2.05, 4.69) is 27.8 Å².